The summed E-state index contributed by atoms with van der Waals surface area (Å²) in [6.45, 7) is 1.98. The normalized spacial score (nSPS) is 32.0. The number of ether oxygens (including phenoxy) is 2. The van der Waals surface area contributed by atoms with Gasteiger partial charge in [-0.05, 0) is 31.2 Å². The zero-order chi connectivity index (χ0) is 24.6. The maximum atomic E-state index is 11.1. The second-order valence-corrected chi connectivity index (χ2v) is 8.83. The Hall–Kier alpha value is -3.00. The monoisotopic (exact) mass is 486 g/mol. The maximum absolute atomic E-state index is 11.1. The summed E-state index contributed by atoms with van der Waals surface area (Å²) >= 11 is 0. The van der Waals surface area contributed by atoms with Crippen LogP contribution in [0.2, 0.25) is 0 Å². The maximum Gasteiger partial charge on any atom is 0.160 e. The number of nitrogens with one attached hydrogen (secondary N) is 3. The van der Waals surface area contributed by atoms with Crippen molar-refractivity contribution in [3.05, 3.63) is 42.6 Å². The van der Waals surface area contributed by atoms with E-state index in [9.17, 15) is 10.2 Å². The van der Waals surface area contributed by atoms with Crippen molar-refractivity contribution in [2.24, 2.45) is 10.9 Å². The third kappa shape index (κ3) is 4.40. The Morgan fingerprint density at radius 3 is 2.83 bits per heavy atom. The van der Waals surface area contributed by atoms with Gasteiger partial charge in [-0.1, -0.05) is 6.08 Å². The summed E-state index contributed by atoms with van der Waals surface area (Å²) in [4.78, 5) is 20.7. The number of aromatic nitrogens is 1. The van der Waals surface area contributed by atoms with Crippen LogP contribution in [-0.2, 0) is 14.4 Å². The lowest BCUT2D eigenvalue weighted by Gasteiger charge is -2.37. The van der Waals surface area contributed by atoms with Crippen LogP contribution in [0.3, 0.4) is 0 Å². The first-order valence-electron chi connectivity index (χ1n) is 11.3. The Balaban J connectivity index is 1.28. The van der Waals surface area contributed by atoms with E-state index < -0.39 is 24.0 Å². The molecule has 0 bridgehead atoms. The lowest BCUT2D eigenvalue weighted by molar-refractivity contribution is -0.0941. The van der Waals surface area contributed by atoms with Gasteiger partial charge in [0, 0.05) is 17.7 Å². The van der Waals surface area contributed by atoms with E-state index in [1.165, 1.54) is 14.2 Å². The number of pyridine rings is 1. The Morgan fingerprint density at radius 2 is 2.03 bits per heavy atom. The molecule has 0 spiro atoms. The van der Waals surface area contributed by atoms with E-state index in [0.29, 0.717) is 24.1 Å². The lowest BCUT2D eigenvalue weighted by Crippen LogP contribution is -2.58. The standard InChI is InChI=1S/C23H30N6O6/c1-23(31)17(11-34-14-6-4-13-5-7-18(27-32-2)26-16(13)10-14)35-22(19(23)30)29-9-8-15-20(28-33-3)24-12-25-21(15)29/h4-10,15,17,19,21-22,25,30-31H,11-12H2,1-3H3,(H,24,28)(H,26,27)/t15?,17-,19+,21?,22-,23-/m1/s1. The molecule has 1 saturated heterocycles. The van der Waals surface area contributed by atoms with E-state index in [0.717, 1.165) is 10.9 Å². The third-order valence-corrected chi connectivity index (χ3v) is 6.59. The molecular weight excluding hydrogens is 456 g/mol. The van der Waals surface area contributed by atoms with Crippen molar-refractivity contribution in [2.45, 2.75) is 37.1 Å². The summed E-state index contributed by atoms with van der Waals surface area (Å²) in [5.41, 5.74) is 4.71. The minimum absolute atomic E-state index is 0.0408. The molecular formula is C23H30N6O6. The number of hydrogen-bond donors (Lipinski definition) is 5. The smallest absolute Gasteiger partial charge is 0.160 e. The van der Waals surface area contributed by atoms with Crippen LogP contribution in [0.25, 0.3) is 10.9 Å². The first-order valence-corrected chi connectivity index (χ1v) is 11.3. The largest absolute Gasteiger partial charge is 0.491 e. The number of hydrogen-bond acceptors (Lipinski definition) is 12. The molecule has 12 heteroatoms. The number of fused-ring (bicyclic) bond motifs is 2. The van der Waals surface area contributed by atoms with E-state index in [2.05, 4.69) is 26.3 Å². The highest BCUT2D eigenvalue weighted by Crippen LogP contribution is 2.37. The van der Waals surface area contributed by atoms with Gasteiger partial charge in [-0.15, -0.1) is 0 Å². The summed E-state index contributed by atoms with van der Waals surface area (Å²) < 4.78 is 12.1. The molecule has 1 fully saturated rings. The van der Waals surface area contributed by atoms with Gasteiger partial charge in [-0.3, -0.25) is 25.5 Å². The highest BCUT2D eigenvalue weighted by molar-refractivity contribution is 5.87. The predicted molar refractivity (Wildman–Crippen MR) is 127 cm³/mol. The molecule has 0 amide bonds. The summed E-state index contributed by atoms with van der Waals surface area (Å²) in [7, 11) is 3.05. The Labute approximate surface area is 202 Å². The van der Waals surface area contributed by atoms with Gasteiger partial charge in [0.15, 0.2) is 6.23 Å². The SMILES string of the molecule is CONC1=NCNC2C1C=CN2[C@@H]1O[C@H](COc2ccc3ccc(NOC)nc3c2)[C@@](C)(O)[C@H]1O. The van der Waals surface area contributed by atoms with Gasteiger partial charge < -0.3 is 24.6 Å². The Bertz CT molecular complexity index is 1130. The van der Waals surface area contributed by atoms with Crippen molar-refractivity contribution in [1.29, 1.82) is 0 Å². The number of nitrogens with zero attached hydrogens (tertiary/aromatic N) is 3. The number of amidine groups is 1. The van der Waals surface area contributed by atoms with Crippen molar-refractivity contribution in [3.8, 4) is 5.75 Å². The van der Waals surface area contributed by atoms with Gasteiger partial charge in [-0.2, -0.15) is 0 Å². The van der Waals surface area contributed by atoms with Gasteiger partial charge in [0.25, 0.3) is 0 Å². The van der Waals surface area contributed by atoms with Crippen LogP contribution in [0.15, 0.2) is 47.6 Å². The fourth-order valence-electron chi connectivity index (χ4n) is 4.65. The zero-order valence-corrected chi connectivity index (χ0v) is 19.7. The number of hydroxylamine groups is 1. The molecule has 5 rings (SSSR count). The van der Waals surface area contributed by atoms with Crippen molar-refractivity contribution < 1.29 is 29.4 Å². The Kier molecular flexibility index (Phi) is 6.49. The number of anilines is 1. The van der Waals surface area contributed by atoms with E-state index in [-0.39, 0.29) is 18.7 Å². The molecule has 6 atom stereocenters. The van der Waals surface area contributed by atoms with Crippen LogP contribution >= 0.6 is 0 Å². The molecule has 5 N–H and O–H groups in total. The minimum atomic E-state index is -1.53. The summed E-state index contributed by atoms with van der Waals surface area (Å²) in [5, 5.41) is 26.4. The van der Waals surface area contributed by atoms with Crippen molar-refractivity contribution in [2.75, 3.05) is 33.0 Å². The number of benzene rings is 1. The van der Waals surface area contributed by atoms with Crippen LogP contribution < -0.4 is 21.0 Å². The first-order chi connectivity index (χ1) is 16.9. The van der Waals surface area contributed by atoms with Crippen molar-refractivity contribution in [1.82, 2.24) is 20.7 Å². The van der Waals surface area contributed by atoms with Crippen LogP contribution in [0.4, 0.5) is 5.82 Å². The van der Waals surface area contributed by atoms with Crippen LogP contribution in [0.1, 0.15) is 6.92 Å². The van der Waals surface area contributed by atoms with Crippen LogP contribution in [0.5, 0.6) is 5.75 Å². The number of aliphatic hydroxyl groups excluding tert-OH is 1. The molecule has 188 valence electrons. The molecule has 0 radical (unpaired) electrons. The first kappa shape index (κ1) is 23.7. The quantitative estimate of drug-likeness (QED) is 0.345. The van der Waals surface area contributed by atoms with Crippen LogP contribution in [-0.4, -0.2) is 83.6 Å². The molecule has 3 aliphatic rings. The number of aliphatic imine (C=N–C) groups is 1. The molecule has 1 aromatic heterocycles. The van der Waals surface area contributed by atoms with Gasteiger partial charge in [0.2, 0.25) is 0 Å². The van der Waals surface area contributed by atoms with Crippen molar-refractivity contribution >= 4 is 22.6 Å². The summed E-state index contributed by atoms with van der Waals surface area (Å²) in [6, 6.07) is 9.27. The molecule has 0 aliphatic carbocycles. The number of aliphatic hydroxyl groups is 2. The highest BCUT2D eigenvalue weighted by Gasteiger charge is 2.56. The van der Waals surface area contributed by atoms with E-state index in [4.69, 9.17) is 19.1 Å². The van der Waals surface area contributed by atoms with Gasteiger partial charge in [0.1, 0.15) is 41.8 Å². The van der Waals surface area contributed by atoms with Crippen molar-refractivity contribution in [3.63, 3.8) is 0 Å². The van der Waals surface area contributed by atoms with E-state index in [1.807, 2.05) is 41.4 Å². The second-order valence-electron chi connectivity index (χ2n) is 8.83. The van der Waals surface area contributed by atoms with E-state index >= 15 is 0 Å². The Morgan fingerprint density at radius 1 is 1.23 bits per heavy atom. The highest BCUT2D eigenvalue weighted by atomic mass is 16.6. The lowest BCUT2D eigenvalue weighted by atomic mass is 9.94. The molecule has 2 aromatic rings. The molecule has 3 aliphatic heterocycles. The number of rotatable bonds is 7. The van der Waals surface area contributed by atoms with Gasteiger partial charge in [-0.25, -0.2) is 10.5 Å². The molecule has 1 aromatic carbocycles. The molecule has 4 heterocycles. The van der Waals surface area contributed by atoms with Gasteiger partial charge >= 0.3 is 0 Å². The fourth-order valence-corrected chi connectivity index (χ4v) is 4.65. The van der Waals surface area contributed by atoms with Gasteiger partial charge in [0.05, 0.1) is 38.5 Å². The third-order valence-electron chi connectivity index (χ3n) is 6.59. The molecule has 0 saturated carbocycles. The fraction of sp³-hybridized carbons (Fsp3) is 0.478. The average Bonchev–Trinajstić information content (AvgIpc) is 3.37. The molecule has 35 heavy (non-hydrogen) atoms. The minimum Gasteiger partial charge on any atom is -0.491 e. The molecule has 2 unspecified atom stereocenters. The molecule has 12 nitrogen and oxygen atoms in total. The summed E-state index contributed by atoms with van der Waals surface area (Å²) in [6.07, 6.45) is 0.871. The van der Waals surface area contributed by atoms with E-state index in [1.54, 1.807) is 13.0 Å². The average molecular weight is 487 g/mol. The zero-order valence-electron chi connectivity index (χ0n) is 19.7. The van der Waals surface area contributed by atoms with Crippen LogP contribution in [0, 0.1) is 5.92 Å². The summed E-state index contributed by atoms with van der Waals surface area (Å²) in [5.74, 6) is 1.72. The predicted octanol–water partition coefficient (Wildman–Crippen LogP) is 0.306. The second kappa shape index (κ2) is 9.57. The topological polar surface area (TPSA) is 142 Å².